The first kappa shape index (κ1) is 19.5. The molecule has 0 aromatic heterocycles. The minimum absolute atomic E-state index is 0.263. The van der Waals surface area contributed by atoms with E-state index in [1.165, 1.54) is 30.3 Å². The average molecular weight is 382 g/mol. The number of carbonyl (C=O) groups excluding carboxylic acids is 1. The van der Waals surface area contributed by atoms with Crippen LogP contribution in [0.4, 0.5) is 8.78 Å². The van der Waals surface area contributed by atoms with Crippen LogP contribution in [0.25, 0.3) is 0 Å². The van der Waals surface area contributed by atoms with Crippen molar-refractivity contribution in [2.75, 3.05) is 0 Å². The van der Waals surface area contributed by atoms with Gasteiger partial charge in [-0.1, -0.05) is 36.4 Å². The van der Waals surface area contributed by atoms with Crippen molar-refractivity contribution in [2.45, 2.75) is 19.2 Å². The summed E-state index contributed by atoms with van der Waals surface area (Å²) in [6.45, 7) is 0.632. The highest BCUT2D eigenvalue weighted by Crippen LogP contribution is 2.17. The molecule has 0 saturated carbocycles. The summed E-state index contributed by atoms with van der Waals surface area (Å²) in [5.74, 6) is -0.666. The molecule has 3 aromatic carbocycles. The van der Waals surface area contributed by atoms with Crippen molar-refractivity contribution in [3.05, 3.63) is 101 Å². The molecule has 144 valence electrons. The molecule has 3 aromatic rings. The van der Waals surface area contributed by atoms with E-state index in [4.69, 9.17) is 10.5 Å². The molecule has 0 aliphatic heterocycles. The first-order valence-corrected chi connectivity index (χ1v) is 8.75. The Kier molecular flexibility index (Phi) is 6.34. The van der Waals surface area contributed by atoms with Crippen LogP contribution in [0.5, 0.6) is 5.75 Å². The van der Waals surface area contributed by atoms with Gasteiger partial charge in [0.05, 0.1) is 0 Å². The van der Waals surface area contributed by atoms with Crippen LogP contribution < -0.4 is 15.8 Å². The van der Waals surface area contributed by atoms with E-state index in [-0.39, 0.29) is 12.4 Å². The molecule has 1 amide bonds. The molecule has 1 atom stereocenters. The maximum atomic E-state index is 13.4. The molecule has 0 bridgehead atoms. The SMILES string of the molecule is NC(=O)C(NCc1ccc(OCc2cccc(F)c2)cc1)c1cccc(F)c1. The maximum Gasteiger partial charge on any atom is 0.239 e. The molecule has 0 heterocycles. The molecule has 1 unspecified atom stereocenters. The lowest BCUT2D eigenvalue weighted by atomic mass is 10.1. The first-order chi connectivity index (χ1) is 13.5. The van der Waals surface area contributed by atoms with Crippen molar-refractivity contribution in [3.8, 4) is 5.75 Å². The lowest BCUT2D eigenvalue weighted by molar-refractivity contribution is -0.120. The van der Waals surface area contributed by atoms with E-state index < -0.39 is 17.8 Å². The number of nitrogens with two attached hydrogens (primary N) is 1. The zero-order valence-corrected chi connectivity index (χ0v) is 15.1. The van der Waals surface area contributed by atoms with E-state index in [1.807, 2.05) is 12.1 Å². The summed E-state index contributed by atoms with van der Waals surface area (Å²) < 4.78 is 32.2. The lowest BCUT2D eigenvalue weighted by Crippen LogP contribution is -2.33. The molecule has 28 heavy (non-hydrogen) atoms. The van der Waals surface area contributed by atoms with E-state index in [0.29, 0.717) is 17.9 Å². The Morgan fingerprint density at radius 2 is 1.61 bits per heavy atom. The summed E-state index contributed by atoms with van der Waals surface area (Å²) in [5, 5.41) is 3.04. The van der Waals surface area contributed by atoms with Gasteiger partial charge in [-0.15, -0.1) is 0 Å². The Labute approximate surface area is 162 Å². The predicted octanol–water partition coefficient (Wildman–Crippen LogP) is 3.86. The van der Waals surface area contributed by atoms with Crippen LogP contribution in [0.15, 0.2) is 72.8 Å². The molecule has 3 N–H and O–H groups in total. The molecule has 0 aliphatic carbocycles. The highest BCUT2D eigenvalue weighted by atomic mass is 19.1. The average Bonchev–Trinajstić information content (AvgIpc) is 2.67. The minimum atomic E-state index is -0.792. The van der Waals surface area contributed by atoms with Crippen molar-refractivity contribution in [2.24, 2.45) is 5.73 Å². The van der Waals surface area contributed by atoms with Crippen LogP contribution in [-0.4, -0.2) is 5.91 Å². The third-order valence-electron chi connectivity index (χ3n) is 4.19. The highest BCUT2D eigenvalue weighted by molar-refractivity contribution is 5.81. The standard InChI is InChI=1S/C22H20F2N2O2/c23-18-5-1-3-16(11-18)14-28-20-9-7-15(8-10-20)13-26-21(22(25)27)17-4-2-6-19(24)12-17/h1-12,21,26H,13-14H2,(H2,25,27). The fraction of sp³-hybridized carbons (Fsp3) is 0.136. The van der Waals surface area contributed by atoms with Gasteiger partial charge in [-0.3, -0.25) is 10.1 Å². The fourth-order valence-electron chi connectivity index (χ4n) is 2.79. The van der Waals surface area contributed by atoms with Gasteiger partial charge in [0, 0.05) is 6.54 Å². The van der Waals surface area contributed by atoms with Gasteiger partial charge in [0.2, 0.25) is 5.91 Å². The number of carbonyl (C=O) groups is 1. The van der Waals surface area contributed by atoms with Crippen molar-refractivity contribution in [1.29, 1.82) is 0 Å². The van der Waals surface area contributed by atoms with Crippen LogP contribution in [0.1, 0.15) is 22.7 Å². The quantitative estimate of drug-likeness (QED) is 0.622. The second-order valence-electron chi connectivity index (χ2n) is 6.33. The molecule has 6 heteroatoms. The maximum absolute atomic E-state index is 13.4. The van der Waals surface area contributed by atoms with Crippen molar-refractivity contribution in [3.63, 3.8) is 0 Å². The molecule has 0 spiro atoms. The third-order valence-corrected chi connectivity index (χ3v) is 4.19. The van der Waals surface area contributed by atoms with Crippen LogP contribution in [0.2, 0.25) is 0 Å². The smallest absolute Gasteiger partial charge is 0.239 e. The molecule has 0 radical (unpaired) electrons. The number of amides is 1. The summed E-state index contributed by atoms with van der Waals surface area (Å²) in [6.07, 6.45) is 0. The van der Waals surface area contributed by atoms with Gasteiger partial charge >= 0.3 is 0 Å². The van der Waals surface area contributed by atoms with Gasteiger partial charge in [0.15, 0.2) is 0 Å². The lowest BCUT2D eigenvalue weighted by Gasteiger charge is -2.16. The summed E-state index contributed by atoms with van der Waals surface area (Å²) >= 11 is 0. The molecular weight excluding hydrogens is 362 g/mol. The summed E-state index contributed by atoms with van der Waals surface area (Å²) in [6, 6.07) is 18.5. The van der Waals surface area contributed by atoms with E-state index in [2.05, 4.69) is 5.32 Å². The van der Waals surface area contributed by atoms with Gasteiger partial charge in [-0.2, -0.15) is 0 Å². The van der Waals surface area contributed by atoms with Crippen molar-refractivity contribution in [1.82, 2.24) is 5.32 Å². The Morgan fingerprint density at radius 1 is 0.929 bits per heavy atom. The fourth-order valence-corrected chi connectivity index (χ4v) is 2.79. The second kappa shape index (κ2) is 9.10. The van der Waals surface area contributed by atoms with Gasteiger partial charge in [0.25, 0.3) is 0 Å². The number of ether oxygens (including phenoxy) is 1. The molecule has 0 aliphatic rings. The zero-order valence-electron chi connectivity index (χ0n) is 15.1. The molecule has 0 saturated heterocycles. The number of nitrogens with one attached hydrogen (secondary N) is 1. The van der Waals surface area contributed by atoms with E-state index >= 15 is 0 Å². The molecule has 0 fully saturated rings. The van der Waals surface area contributed by atoms with Crippen LogP contribution in [0, 0.1) is 11.6 Å². The van der Waals surface area contributed by atoms with Crippen LogP contribution in [-0.2, 0) is 17.9 Å². The van der Waals surface area contributed by atoms with Crippen LogP contribution in [0.3, 0.4) is 0 Å². The third kappa shape index (κ3) is 5.37. The predicted molar refractivity (Wildman–Crippen MR) is 102 cm³/mol. The monoisotopic (exact) mass is 382 g/mol. The Hall–Kier alpha value is -3.25. The van der Waals surface area contributed by atoms with Gasteiger partial charge < -0.3 is 10.5 Å². The Balaban J connectivity index is 1.58. The number of hydrogen-bond acceptors (Lipinski definition) is 3. The van der Waals surface area contributed by atoms with E-state index in [9.17, 15) is 13.6 Å². The molecule has 4 nitrogen and oxygen atoms in total. The summed E-state index contributed by atoms with van der Waals surface area (Å²) in [5.41, 5.74) is 7.56. The molecule has 3 rings (SSSR count). The zero-order chi connectivity index (χ0) is 19.9. The number of halogens is 2. The number of primary amides is 1. The van der Waals surface area contributed by atoms with Gasteiger partial charge in [-0.25, -0.2) is 8.78 Å². The number of hydrogen-bond donors (Lipinski definition) is 2. The van der Waals surface area contributed by atoms with Crippen molar-refractivity contribution < 1.29 is 18.3 Å². The molecular formula is C22H20F2N2O2. The Morgan fingerprint density at radius 3 is 2.25 bits per heavy atom. The van der Waals surface area contributed by atoms with E-state index in [0.717, 1.165) is 11.1 Å². The second-order valence-corrected chi connectivity index (χ2v) is 6.33. The number of benzene rings is 3. The normalized spacial score (nSPS) is 11.8. The van der Waals surface area contributed by atoms with Gasteiger partial charge in [-0.05, 0) is 53.1 Å². The van der Waals surface area contributed by atoms with Crippen LogP contribution >= 0.6 is 0 Å². The minimum Gasteiger partial charge on any atom is -0.489 e. The Bertz CT molecular complexity index is 945. The summed E-state index contributed by atoms with van der Waals surface area (Å²) in [4.78, 5) is 11.7. The topological polar surface area (TPSA) is 64.4 Å². The first-order valence-electron chi connectivity index (χ1n) is 8.75. The largest absolute Gasteiger partial charge is 0.489 e. The van der Waals surface area contributed by atoms with Gasteiger partial charge in [0.1, 0.15) is 30.0 Å². The van der Waals surface area contributed by atoms with E-state index in [1.54, 1.807) is 30.3 Å². The number of rotatable bonds is 8. The summed E-state index contributed by atoms with van der Waals surface area (Å²) in [7, 11) is 0. The highest BCUT2D eigenvalue weighted by Gasteiger charge is 2.17. The van der Waals surface area contributed by atoms with Crippen molar-refractivity contribution >= 4 is 5.91 Å².